The zero-order valence-electron chi connectivity index (χ0n) is 17.2. The highest BCUT2D eigenvalue weighted by Crippen LogP contribution is 2.29. The van der Waals surface area contributed by atoms with Gasteiger partial charge >= 0.3 is 0 Å². The molecule has 2 aromatic carbocycles. The Balaban J connectivity index is 1.55. The summed E-state index contributed by atoms with van der Waals surface area (Å²) >= 11 is 12.1. The minimum absolute atomic E-state index is 0.123. The summed E-state index contributed by atoms with van der Waals surface area (Å²) < 4.78 is 6.07. The number of hydrogen-bond donors (Lipinski definition) is 1. The first-order valence-corrected chi connectivity index (χ1v) is 10.8. The fourth-order valence-corrected chi connectivity index (χ4v) is 3.98. The number of likely N-dealkylation sites (tertiary alicyclic amines) is 1. The van der Waals surface area contributed by atoms with E-state index in [0.29, 0.717) is 16.7 Å². The van der Waals surface area contributed by atoms with Crippen molar-refractivity contribution >= 4 is 29.1 Å². The standard InChI is InChI=1S/C23H28Cl2N2O2/c1-4-7-26-23(28)19-12-27(13-19)11-18-8-15(2)22(16(3)9-18)29-14-17-5-6-20(24)21(25)10-17/h5-6,8-10,19H,4,7,11-14H2,1-3H3,(H,26,28). The SMILES string of the molecule is CCCNC(=O)C1CN(Cc2cc(C)c(OCc3ccc(Cl)c(Cl)c3)c(C)c2)C1. The molecule has 4 nitrogen and oxygen atoms in total. The van der Waals surface area contributed by atoms with Crippen LogP contribution in [0.5, 0.6) is 5.75 Å². The van der Waals surface area contributed by atoms with E-state index in [1.54, 1.807) is 6.07 Å². The second-order valence-electron chi connectivity index (χ2n) is 7.78. The molecular weight excluding hydrogens is 407 g/mol. The van der Waals surface area contributed by atoms with Gasteiger partial charge in [-0.15, -0.1) is 0 Å². The molecule has 29 heavy (non-hydrogen) atoms. The minimum atomic E-state index is 0.123. The Kier molecular flexibility index (Phi) is 7.44. The van der Waals surface area contributed by atoms with E-state index < -0.39 is 0 Å². The molecule has 156 valence electrons. The first-order valence-electron chi connectivity index (χ1n) is 10.0. The number of carbonyl (C=O) groups excluding carboxylic acids is 1. The third kappa shape index (κ3) is 5.65. The van der Waals surface area contributed by atoms with Crippen LogP contribution in [0.25, 0.3) is 0 Å². The van der Waals surface area contributed by atoms with Crippen molar-refractivity contribution in [3.05, 3.63) is 62.6 Å². The summed E-state index contributed by atoms with van der Waals surface area (Å²) in [7, 11) is 0. The van der Waals surface area contributed by atoms with Gasteiger partial charge in [0.25, 0.3) is 0 Å². The van der Waals surface area contributed by atoms with Gasteiger partial charge in [0.05, 0.1) is 16.0 Å². The molecule has 1 aliphatic heterocycles. The minimum Gasteiger partial charge on any atom is -0.488 e. The molecule has 0 aromatic heterocycles. The smallest absolute Gasteiger partial charge is 0.225 e. The van der Waals surface area contributed by atoms with Crippen LogP contribution in [0, 0.1) is 19.8 Å². The zero-order chi connectivity index (χ0) is 21.0. The Labute approximate surface area is 183 Å². The zero-order valence-corrected chi connectivity index (χ0v) is 18.7. The maximum Gasteiger partial charge on any atom is 0.225 e. The number of ether oxygens (including phenoxy) is 1. The van der Waals surface area contributed by atoms with Gasteiger partial charge in [-0.2, -0.15) is 0 Å². The second-order valence-corrected chi connectivity index (χ2v) is 8.59. The summed E-state index contributed by atoms with van der Waals surface area (Å²) in [4.78, 5) is 14.3. The highest BCUT2D eigenvalue weighted by molar-refractivity contribution is 6.42. The second kappa shape index (κ2) is 9.84. The van der Waals surface area contributed by atoms with Gasteiger partial charge in [0.1, 0.15) is 12.4 Å². The maximum absolute atomic E-state index is 12.0. The molecule has 1 fully saturated rings. The lowest BCUT2D eigenvalue weighted by atomic mass is 9.97. The molecule has 2 aromatic rings. The molecule has 1 aliphatic rings. The van der Waals surface area contributed by atoms with Crippen molar-refractivity contribution in [3.8, 4) is 5.75 Å². The number of benzene rings is 2. The number of aryl methyl sites for hydroxylation is 2. The molecular formula is C23H28Cl2N2O2. The molecule has 1 amide bonds. The highest BCUT2D eigenvalue weighted by atomic mass is 35.5. The Morgan fingerprint density at radius 2 is 1.79 bits per heavy atom. The van der Waals surface area contributed by atoms with Crippen molar-refractivity contribution in [3.63, 3.8) is 0 Å². The molecule has 1 N–H and O–H groups in total. The predicted molar refractivity (Wildman–Crippen MR) is 119 cm³/mol. The van der Waals surface area contributed by atoms with Crippen molar-refractivity contribution in [2.45, 2.75) is 40.3 Å². The van der Waals surface area contributed by atoms with Crippen LogP contribution in [0.4, 0.5) is 0 Å². The van der Waals surface area contributed by atoms with Crippen molar-refractivity contribution in [1.29, 1.82) is 0 Å². The number of halogens is 2. The molecule has 0 saturated carbocycles. The number of nitrogens with one attached hydrogen (secondary N) is 1. The first-order chi connectivity index (χ1) is 13.9. The average Bonchev–Trinajstić information content (AvgIpc) is 2.64. The number of carbonyl (C=O) groups is 1. The van der Waals surface area contributed by atoms with Crippen molar-refractivity contribution in [2.75, 3.05) is 19.6 Å². The predicted octanol–water partition coefficient (Wildman–Crippen LogP) is 5.15. The molecule has 1 heterocycles. The van der Waals surface area contributed by atoms with Crippen LogP contribution < -0.4 is 10.1 Å². The lowest BCUT2D eigenvalue weighted by Gasteiger charge is -2.38. The summed E-state index contributed by atoms with van der Waals surface area (Å²) in [6, 6.07) is 9.88. The van der Waals surface area contributed by atoms with Gasteiger partial charge in [0, 0.05) is 26.2 Å². The largest absolute Gasteiger partial charge is 0.488 e. The van der Waals surface area contributed by atoms with Crippen LogP contribution in [-0.4, -0.2) is 30.4 Å². The number of rotatable bonds is 8. The molecule has 0 radical (unpaired) electrons. The normalized spacial score (nSPS) is 14.5. The molecule has 6 heteroatoms. The third-order valence-corrected chi connectivity index (χ3v) is 5.91. The highest BCUT2D eigenvalue weighted by Gasteiger charge is 2.32. The van der Waals surface area contributed by atoms with Gasteiger partial charge in [-0.3, -0.25) is 9.69 Å². The Morgan fingerprint density at radius 3 is 2.41 bits per heavy atom. The topological polar surface area (TPSA) is 41.6 Å². The molecule has 3 rings (SSSR count). The van der Waals surface area contributed by atoms with Crippen LogP contribution in [0.15, 0.2) is 30.3 Å². The van der Waals surface area contributed by atoms with Gasteiger partial charge in [0.2, 0.25) is 5.91 Å². The van der Waals surface area contributed by atoms with E-state index in [1.165, 1.54) is 5.56 Å². The van der Waals surface area contributed by atoms with E-state index in [0.717, 1.165) is 55.0 Å². The molecule has 0 bridgehead atoms. The van der Waals surface area contributed by atoms with Crippen LogP contribution in [0.2, 0.25) is 10.0 Å². The fourth-order valence-electron chi connectivity index (χ4n) is 3.66. The summed E-state index contributed by atoms with van der Waals surface area (Å²) in [5, 5.41) is 4.06. The molecule has 1 saturated heterocycles. The van der Waals surface area contributed by atoms with Gasteiger partial charge < -0.3 is 10.1 Å². The van der Waals surface area contributed by atoms with Crippen LogP contribution in [0.1, 0.15) is 35.6 Å². The van der Waals surface area contributed by atoms with Crippen LogP contribution in [0.3, 0.4) is 0 Å². The van der Waals surface area contributed by atoms with E-state index in [2.05, 4.69) is 43.1 Å². The van der Waals surface area contributed by atoms with Crippen molar-refractivity contribution < 1.29 is 9.53 Å². The van der Waals surface area contributed by atoms with Crippen molar-refractivity contribution in [2.24, 2.45) is 5.92 Å². The summed E-state index contributed by atoms with van der Waals surface area (Å²) in [6.07, 6.45) is 0.972. The van der Waals surface area contributed by atoms with Crippen LogP contribution in [-0.2, 0) is 17.9 Å². The van der Waals surface area contributed by atoms with Gasteiger partial charge in [0.15, 0.2) is 0 Å². The summed E-state index contributed by atoms with van der Waals surface area (Å²) in [5.41, 5.74) is 4.44. The number of nitrogens with zero attached hydrogens (tertiary/aromatic N) is 1. The first kappa shape index (κ1) is 21.9. The fraction of sp³-hybridized carbons (Fsp3) is 0.435. The Morgan fingerprint density at radius 1 is 1.10 bits per heavy atom. The summed E-state index contributed by atoms with van der Waals surface area (Å²) in [6.45, 7) is 9.90. The van der Waals surface area contributed by atoms with E-state index in [9.17, 15) is 4.79 Å². The van der Waals surface area contributed by atoms with E-state index in [4.69, 9.17) is 27.9 Å². The van der Waals surface area contributed by atoms with E-state index in [-0.39, 0.29) is 11.8 Å². The summed E-state index contributed by atoms with van der Waals surface area (Å²) in [5.74, 6) is 1.21. The Hall–Kier alpha value is -1.75. The van der Waals surface area contributed by atoms with Gasteiger partial charge in [-0.05, 0) is 54.7 Å². The molecule has 0 spiro atoms. The van der Waals surface area contributed by atoms with Gasteiger partial charge in [-0.1, -0.05) is 48.3 Å². The maximum atomic E-state index is 12.0. The Bertz CT molecular complexity index is 856. The lowest BCUT2D eigenvalue weighted by Crippen LogP contribution is -2.53. The third-order valence-electron chi connectivity index (χ3n) is 5.17. The quantitative estimate of drug-likeness (QED) is 0.624. The van der Waals surface area contributed by atoms with Crippen LogP contribution >= 0.6 is 23.2 Å². The van der Waals surface area contributed by atoms with E-state index >= 15 is 0 Å². The molecule has 0 atom stereocenters. The lowest BCUT2D eigenvalue weighted by molar-refractivity contribution is -0.130. The average molecular weight is 435 g/mol. The van der Waals surface area contributed by atoms with Gasteiger partial charge in [-0.25, -0.2) is 0 Å². The van der Waals surface area contributed by atoms with Crippen molar-refractivity contribution in [1.82, 2.24) is 10.2 Å². The van der Waals surface area contributed by atoms with E-state index in [1.807, 2.05) is 12.1 Å². The number of amides is 1. The molecule has 0 unspecified atom stereocenters. The molecule has 0 aliphatic carbocycles. The number of hydrogen-bond acceptors (Lipinski definition) is 3. The monoisotopic (exact) mass is 434 g/mol.